The first-order chi connectivity index (χ1) is 16.0. The first-order valence-corrected chi connectivity index (χ1v) is 11.4. The molecule has 0 saturated heterocycles. The maximum atomic E-state index is 13.3. The van der Waals surface area contributed by atoms with Crippen molar-refractivity contribution >= 4 is 17.6 Å². The number of hydrogen-bond acceptors (Lipinski definition) is 4. The molecule has 1 aromatic heterocycles. The van der Waals surface area contributed by atoms with Crippen molar-refractivity contribution in [1.82, 2.24) is 15.1 Å². The first kappa shape index (κ1) is 22.6. The number of anilines is 1. The molecule has 2 amide bonds. The minimum Gasteiger partial charge on any atom is -0.497 e. The molecule has 1 saturated carbocycles. The van der Waals surface area contributed by atoms with Crippen molar-refractivity contribution in [2.45, 2.75) is 51.1 Å². The number of carbonyl (C=O) groups is 2. The molecule has 1 atom stereocenters. The van der Waals surface area contributed by atoms with Gasteiger partial charge >= 0.3 is 0 Å². The van der Waals surface area contributed by atoms with E-state index < -0.39 is 6.04 Å². The second kappa shape index (κ2) is 10.3. The number of ether oxygens (including phenoxy) is 1. The van der Waals surface area contributed by atoms with Gasteiger partial charge in [0.2, 0.25) is 0 Å². The second-order valence-electron chi connectivity index (χ2n) is 8.47. The lowest BCUT2D eigenvalue weighted by atomic mass is 9.96. The topological polar surface area (TPSA) is 85.2 Å². The zero-order valence-corrected chi connectivity index (χ0v) is 19.1. The van der Waals surface area contributed by atoms with E-state index in [9.17, 15) is 9.59 Å². The van der Waals surface area contributed by atoms with E-state index in [0.717, 1.165) is 18.4 Å². The number of methoxy groups -OCH3 is 1. The van der Waals surface area contributed by atoms with Crippen LogP contribution < -0.4 is 15.4 Å². The van der Waals surface area contributed by atoms with Crippen LogP contribution in [0.5, 0.6) is 5.75 Å². The molecule has 3 aromatic rings. The highest BCUT2D eigenvalue weighted by molar-refractivity contribution is 6.01. The van der Waals surface area contributed by atoms with E-state index in [1.54, 1.807) is 31.4 Å². The van der Waals surface area contributed by atoms with Crippen molar-refractivity contribution in [3.05, 3.63) is 77.5 Å². The number of aryl methyl sites for hydroxylation is 1. The molecule has 7 nitrogen and oxygen atoms in total. The largest absolute Gasteiger partial charge is 0.497 e. The van der Waals surface area contributed by atoms with Crippen molar-refractivity contribution in [3.63, 3.8) is 0 Å². The van der Waals surface area contributed by atoms with E-state index in [2.05, 4.69) is 15.7 Å². The zero-order chi connectivity index (χ0) is 23.2. The predicted molar refractivity (Wildman–Crippen MR) is 127 cm³/mol. The summed E-state index contributed by atoms with van der Waals surface area (Å²) in [7, 11) is 1.57. The molecule has 1 aliphatic rings. The molecule has 1 fully saturated rings. The van der Waals surface area contributed by atoms with E-state index in [4.69, 9.17) is 4.74 Å². The fourth-order valence-electron chi connectivity index (χ4n) is 4.23. The average molecular weight is 447 g/mol. The van der Waals surface area contributed by atoms with E-state index >= 15 is 0 Å². The fourth-order valence-corrected chi connectivity index (χ4v) is 4.23. The summed E-state index contributed by atoms with van der Waals surface area (Å²) < 4.78 is 7.14. The Bertz CT molecular complexity index is 1090. The first-order valence-electron chi connectivity index (χ1n) is 11.4. The number of amides is 2. The summed E-state index contributed by atoms with van der Waals surface area (Å²) in [4.78, 5) is 26.2. The third-order valence-corrected chi connectivity index (χ3v) is 6.13. The van der Waals surface area contributed by atoms with Crippen LogP contribution in [-0.2, 0) is 4.79 Å². The summed E-state index contributed by atoms with van der Waals surface area (Å²) in [6.45, 7) is 1.94. The van der Waals surface area contributed by atoms with Gasteiger partial charge in [-0.25, -0.2) is 0 Å². The van der Waals surface area contributed by atoms with Crippen molar-refractivity contribution < 1.29 is 14.3 Å². The Balaban J connectivity index is 1.53. The highest BCUT2D eigenvalue weighted by atomic mass is 16.5. The van der Waals surface area contributed by atoms with Gasteiger partial charge in [0.1, 0.15) is 11.8 Å². The molecule has 0 spiro atoms. The number of nitrogens with one attached hydrogen (secondary N) is 2. The van der Waals surface area contributed by atoms with E-state index in [-0.39, 0.29) is 11.8 Å². The lowest BCUT2D eigenvalue weighted by molar-refractivity contribution is -0.118. The van der Waals surface area contributed by atoms with Crippen LogP contribution in [0.3, 0.4) is 0 Å². The molecule has 2 N–H and O–H groups in total. The fraction of sp³-hybridized carbons (Fsp3) is 0.346. The molecular formula is C26H30N4O3. The third kappa shape index (κ3) is 5.42. The van der Waals surface area contributed by atoms with Crippen molar-refractivity contribution in [2.75, 3.05) is 12.4 Å². The molecule has 7 heteroatoms. The lowest BCUT2D eigenvalue weighted by Gasteiger charge is -2.22. The van der Waals surface area contributed by atoms with Crippen LogP contribution in [0.2, 0.25) is 0 Å². The van der Waals surface area contributed by atoms with Gasteiger partial charge in [-0.3, -0.25) is 14.3 Å². The number of nitrogens with zero attached hydrogens (tertiary/aromatic N) is 2. The summed E-state index contributed by atoms with van der Waals surface area (Å²) in [5.74, 6) is 0.518. The Kier molecular flexibility index (Phi) is 7.07. The standard InChI is InChI=1S/C26H30N4O3/c1-18-17-30(21-11-7-4-8-12-21)29-24(18)28-26(32)23(19-9-5-3-6-10-19)27-25(31)20-13-15-22(33-2)16-14-20/h3,5-6,9-10,13-17,21,23H,4,7-8,11-12H2,1-2H3,(H,27,31)(H,28,29,32). The van der Waals surface area contributed by atoms with Crippen LogP contribution in [0.1, 0.15) is 65.7 Å². The van der Waals surface area contributed by atoms with Gasteiger partial charge < -0.3 is 15.4 Å². The molecule has 0 aliphatic heterocycles. The molecule has 1 heterocycles. The van der Waals surface area contributed by atoms with Gasteiger partial charge in [0.05, 0.1) is 13.2 Å². The van der Waals surface area contributed by atoms with Crippen LogP contribution >= 0.6 is 0 Å². The number of aromatic nitrogens is 2. The molecule has 1 aliphatic carbocycles. The summed E-state index contributed by atoms with van der Waals surface area (Å²) in [5.41, 5.74) is 2.05. The van der Waals surface area contributed by atoms with Gasteiger partial charge in [0, 0.05) is 17.3 Å². The summed E-state index contributed by atoms with van der Waals surface area (Å²) in [6, 6.07) is 15.5. The van der Waals surface area contributed by atoms with Crippen LogP contribution in [0.4, 0.5) is 5.82 Å². The molecule has 0 bridgehead atoms. The summed E-state index contributed by atoms with van der Waals surface area (Å²) in [5, 5.41) is 10.5. The van der Waals surface area contributed by atoms with E-state index in [0.29, 0.717) is 28.7 Å². The zero-order valence-electron chi connectivity index (χ0n) is 19.1. The van der Waals surface area contributed by atoms with Crippen molar-refractivity contribution in [1.29, 1.82) is 0 Å². The Hall–Kier alpha value is -3.61. The van der Waals surface area contributed by atoms with Crippen molar-refractivity contribution in [2.24, 2.45) is 0 Å². The van der Waals surface area contributed by atoms with Gasteiger partial charge in [0.25, 0.3) is 11.8 Å². The minimum atomic E-state index is -0.861. The van der Waals surface area contributed by atoms with Gasteiger partial charge in [-0.2, -0.15) is 5.10 Å². The van der Waals surface area contributed by atoms with E-state index in [1.165, 1.54) is 19.3 Å². The highest BCUT2D eigenvalue weighted by Crippen LogP contribution is 2.29. The van der Waals surface area contributed by atoms with Crippen molar-refractivity contribution in [3.8, 4) is 5.75 Å². The van der Waals surface area contributed by atoms with Crippen LogP contribution in [0, 0.1) is 6.92 Å². The number of rotatable bonds is 7. The maximum Gasteiger partial charge on any atom is 0.252 e. The van der Waals surface area contributed by atoms with Crippen LogP contribution in [0.25, 0.3) is 0 Å². The minimum absolute atomic E-state index is 0.333. The Morgan fingerprint density at radius 3 is 2.39 bits per heavy atom. The second-order valence-corrected chi connectivity index (χ2v) is 8.47. The summed E-state index contributed by atoms with van der Waals surface area (Å²) >= 11 is 0. The molecule has 172 valence electrons. The molecule has 4 rings (SSSR count). The van der Waals surface area contributed by atoms with Gasteiger partial charge in [-0.1, -0.05) is 49.6 Å². The molecule has 1 unspecified atom stereocenters. The smallest absolute Gasteiger partial charge is 0.252 e. The van der Waals surface area contributed by atoms with Crippen LogP contribution in [-0.4, -0.2) is 28.7 Å². The lowest BCUT2D eigenvalue weighted by Crippen LogP contribution is -2.37. The molecule has 2 aromatic carbocycles. The number of carbonyl (C=O) groups excluding carboxylic acids is 2. The van der Waals surface area contributed by atoms with Gasteiger partial charge in [-0.05, 0) is 49.6 Å². The summed E-state index contributed by atoms with van der Waals surface area (Å²) in [6.07, 6.45) is 7.90. The predicted octanol–water partition coefficient (Wildman–Crippen LogP) is 4.82. The Morgan fingerprint density at radius 1 is 1.03 bits per heavy atom. The molecular weight excluding hydrogens is 416 g/mol. The van der Waals surface area contributed by atoms with Gasteiger partial charge in [-0.15, -0.1) is 0 Å². The molecule has 33 heavy (non-hydrogen) atoms. The number of hydrogen-bond donors (Lipinski definition) is 2. The normalized spacial score (nSPS) is 15.0. The number of benzene rings is 2. The SMILES string of the molecule is COc1ccc(C(=O)NC(C(=O)Nc2nn(C3CCCCC3)cc2C)c2ccccc2)cc1. The van der Waals surface area contributed by atoms with E-state index in [1.807, 2.05) is 48.1 Å². The Morgan fingerprint density at radius 2 is 1.73 bits per heavy atom. The third-order valence-electron chi connectivity index (χ3n) is 6.13. The monoisotopic (exact) mass is 446 g/mol. The Labute approximate surface area is 194 Å². The van der Waals surface area contributed by atoms with Crippen LogP contribution in [0.15, 0.2) is 60.8 Å². The molecule has 0 radical (unpaired) electrons. The maximum absolute atomic E-state index is 13.3. The van der Waals surface area contributed by atoms with Gasteiger partial charge in [0.15, 0.2) is 5.82 Å². The quantitative estimate of drug-likeness (QED) is 0.545. The highest BCUT2D eigenvalue weighted by Gasteiger charge is 2.25. The average Bonchev–Trinajstić information content (AvgIpc) is 3.23.